The zero-order chi connectivity index (χ0) is 9.26. The molecule has 1 aromatic rings. The molecule has 0 unspecified atom stereocenters. The minimum atomic E-state index is 0.143. The first kappa shape index (κ1) is 8.68. The van der Waals surface area contributed by atoms with Crippen molar-refractivity contribution in [3.05, 3.63) is 18.5 Å². The summed E-state index contributed by atoms with van der Waals surface area (Å²) in [5.41, 5.74) is 0. The molecule has 0 saturated carbocycles. The summed E-state index contributed by atoms with van der Waals surface area (Å²) >= 11 is 0. The van der Waals surface area contributed by atoms with E-state index in [-0.39, 0.29) is 12.1 Å². The Hall–Kier alpha value is -0.910. The van der Waals surface area contributed by atoms with Crippen molar-refractivity contribution >= 4 is 0 Å². The van der Waals surface area contributed by atoms with Crippen LogP contribution < -0.4 is 5.84 Å². The topological polar surface area (TPSA) is 56.3 Å². The highest BCUT2D eigenvalue weighted by Gasteiger charge is 2.32. The molecule has 2 atom stereocenters. The van der Waals surface area contributed by atoms with Gasteiger partial charge in [0.1, 0.15) is 0 Å². The lowest BCUT2D eigenvalue weighted by Gasteiger charge is -2.16. The predicted octanol–water partition coefficient (Wildman–Crippen LogP) is -0.371. The molecule has 0 aromatic carbocycles. The van der Waals surface area contributed by atoms with Crippen LogP contribution >= 0.6 is 0 Å². The smallest absolute Gasteiger partial charge is 0.0948 e. The van der Waals surface area contributed by atoms with Gasteiger partial charge in [0, 0.05) is 32.6 Å². The van der Waals surface area contributed by atoms with E-state index < -0.39 is 0 Å². The average Bonchev–Trinajstić information content (AvgIpc) is 2.71. The molecule has 0 aliphatic carbocycles. The van der Waals surface area contributed by atoms with E-state index in [0.717, 1.165) is 13.1 Å². The van der Waals surface area contributed by atoms with Gasteiger partial charge in [-0.1, -0.05) is 0 Å². The van der Waals surface area contributed by atoms with Crippen LogP contribution in [0.3, 0.4) is 0 Å². The van der Waals surface area contributed by atoms with Gasteiger partial charge in [-0.3, -0.25) is 10.5 Å². The molecule has 0 radical (unpaired) electrons. The first-order chi connectivity index (χ1) is 6.31. The number of methoxy groups -OCH3 is 1. The molecule has 2 rings (SSSR count). The summed E-state index contributed by atoms with van der Waals surface area (Å²) in [5.74, 6) is 5.71. The molecule has 0 amide bonds. The Labute approximate surface area is 77.0 Å². The van der Waals surface area contributed by atoms with E-state index in [1.807, 2.05) is 16.9 Å². The number of aromatic nitrogens is 2. The molecule has 0 spiro atoms. The maximum atomic E-state index is 5.71. The number of hydrogen-bond donors (Lipinski definition) is 1. The maximum absolute atomic E-state index is 5.71. The highest BCUT2D eigenvalue weighted by atomic mass is 16.5. The Kier molecular flexibility index (Phi) is 2.30. The van der Waals surface area contributed by atoms with Crippen LogP contribution in [0.1, 0.15) is 6.04 Å². The lowest BCUT2D eigenvalue weighted by Crippen LogP contribution is -2.29. The monoisotopic (exact) mass is 182 g/mol. The number of ether oxygens (including phenoxy) is 1. The third-order valence-electron chi connectivity index (χ3n) is 2.43. The summed E-state index contributed by atoms with van der Waals surface area (Å²) in [6.07, 6.45) is 3.85. The molecule has 5 heteroatoms. The number of hydrazine groups is 1. The quantitative estimate of drug-likeness (QED) is 0.634. The van der Waals surface area contributed by atoms with E-state index >= 15 is 0 Å². The van der Waals surface area contributed by atoms with Crippen LogP contribution in [0.4, 0.5) is 0 Å². The molecule has 1 fully saturated rings. The fraction of sp³-hybridized carbons (Fsp3) is 0.625. The highest BCUT2D eigenvalue weighted by Crippen LogP contribution is 2.20. The Morgan fingerprint density at radius 3 is 3.00 bits per heavy atom. The Balaban J connectivity index is 2.14. The first-order valence-corrected chi connectivity index (χ1v) is 4.33. The van der Waals surface area contributed by atoms with Gasteiger partial charge in [0.15, 0.2) is 0 Å². The van der Waals surface area contributed by atoms with Crippen molar-refractivity contribution in [2.45, 2.75) is 12.1 Å². The molecular weight excluding hydrogens is 168 g/mol. The Morgan fingerprint density at radius 2 is 2.38 bits per heavy atom. The number of rotatable bonds is 2. The first-order valence-electron chi connectivity index (χ1n) is 4.33. The van der Waals surface area contributed by atoms with E-state index in [9.17, 15) is 0 Å². The highest BCUT2D eigenvalue weighted by molar-refractivity contribution is 4.90. The molecule has 5 nitrogen and oxygen atoms in total. The normalized spacial score (nSPS) is 29.7. The van der Waals surface area contributed by atoms with Gasteiger partial charge in [0.05, 0.1) is 12.1 Å². The van der Waals surface area contributed by atoms with E-state index in [0.29, 0.717) is 0 Å². The summed E-state index contributed by atoms with van der Waals surface area (Å²) < 4.78 is 7.24. The van der Waals surface area contributed by atoms with E-state index in [1.54, 1.807) is 18.3 Å². The second-order valence-corrected chi connectivity index (χ2v) is 3.28. The Bertz CT molecular complexity index is 261. The largest absolute Gasteiger partial charge is 0.378 e. The molecule has 72 valence electrons. The molecule has 1 aliphatic heterocycles. The van der Waals surface area contributed by atoms with Crippen molar-refractivity contribution in [2.24, 2.45) is 5.84 Å². The second kappa shape index (κ2) is 3.45. The van der Waals surface area contributed by atoms with Gasteiger partial charge in [-0.25, -0.2) is 5.01 Å². The van der Waals surface area contributed by atoms with Gasteiger partial charge >= 0.3 is 0 Å². The lowest BCUT2D eigenvalue weighted by atomic mass is 10.2. The van der Waals surface area contributed by atoms with E-state index in [2.05, 4.69) is 5.10 Å². The van der Waals surface area contributed by atoms with Crippen molar-refractivity contribution in [1.29, 1.82) is 0 Å². The molecule has 13 heavy (non-hydrogen) atoms. The van der Waals surface area contributed by atoms with Gasteiger partial charge in [-0.15, -0.1) is 0 Å². The fourth-order valence-electron chi connectivity index (χ4n) is 1.75. The van der Waals surface area contributed by atoms with Crippen molar-refractivity contribution in [3.8, 4) is 0 Å². The van der Waals surface area contributed by atoms with Crippen LogP contribution in [0.5, 0.6) is 0 Å². The molecule has 1 saturated heterocycles. The van der Waals surface area contributed by atoms with Gasteiger partial charge < -0.3 is 4.74 Å². The minimum Gasteiger partial charge on any atom is -0.378 e. The van der Waals surface area contributed by atoms with Gasteiger partial charge in [0.25, 0.3) is 0 Å². The standard InChI is InChI=1S/C8H14N4O/c1-13-8-6-11(9)5-7(8)12-4-2-3-10-12/h2-4,7-8H,5-6,9H2,1H3/t7-,8-/m1/s1. The molecule has 1 aliphatic rings. The van der Waals surface area contributed by atoms with Crippen molar-refractivity contribution in [2.75, 3.05) is 20.2 Å². The fourth-order valence-corrected chi connectivity index (χ4v) is 1.75. The number of nitrogens with zero attached hydrogens (tertiary/aromatic N) is 3. The van der Waals surface area contributed by atoms with E-state index in [1.165, 1.54) is 0 Å². The summed E-state index contributed by atoms with van der Waals surface area (Å²) in [6, 6.07) is 2.15. The van der Waals surface area contributed by atoms with Crippen LogP contribution in [-0.4, -0.2) is 41.1 Å². The van der Waals surface area contributed by atoms with Crippen LogP contribution in [0.2, 0.25) is 0 Å². The third kappa shape index (κ3) is 1.58. The number of hydrogen-bond acceptors (Lipinski definition) is 4. The van der Waals surface area contributed by atoms with Gasteiger partial charge in [-0.05, 0) is 6.07 Å². The minimum absolute atomic E-state index is 0.143. The van der Waals surface area contributed by atoms with Crippen molar-refractivity contribution in [1.82, 2.24) is 14.8 Å². The number of nitrogens with two attached hydrogens (primary N) is 1. The zero-order valence-electron chi connectivity index (χ0n) is 7.63. The summed E-state index contributed by atoms with van der Waals surface area (Å²) in [5, 5.41) is 5.95. The summed E-state index contributed by atoms with van der Waals surface area (Å²) in [4.78, 5) is 0. The second-order valence-electron chi connectivity index (χ2n) is 3.28. The average molecular weight is 182 g/mol. The molecule has 2 N–H and O–H groups in total. The molecule has 2 heterocycles. The van der Waals surface area contributed by atoms with Crippen LogP contribution in [0.25, 0.3) is 0 Å². The Morgan fingerprint density at radius 1 is 1.54 bits per heavy atom. The SMILES string of the molecule is CO[C@@H]1CN(N)C[C@H]1n1cccn1. The van der Waals surface area contributed by atoms with E-state index in [4.69, 9.17) is 10.6 Å². The third-order valence-corrected chi connectivity index (χ3v) is 2.43. The zero-order valence-corrected chi connectivity index (χ0v) is 7.63. The summed E-state index contributed by atoms with van der Waals surface area (Å²) in [7, 11) is 1.71. The van der Waals surface area contributed by atoms with Gasteiger partial charge in [0.2, 0.25) is 0 Å². The van der Waals surface area contributed by atoms with Gasteiger partial charge in [-0.2, -0.15) is 5.10 Å². The van der Waals surface area contributed by atoms with Crippen LogP contribution in [-0.2, 0) is 4.74 Å². The lowest BCUT2D eigenvalue weighted by molar-refractivity contribution is 0.0782. The molecule has 1 aromatic heterocycles. The molecule has 0 bridgehead atoms. The van der Waals surface area contributed by atoms with Crippen molar-refractivity contribution < 1.29 is 4.74 Å². The van der Waals surface area contributed by atoms with Crippen LogP contribution in [0, 0.1) is 0 Å². The van der Waals surface area contributed by atoms with Crippen molar-refractivity contribution in [3.63, 3.8) is 0 Å². The summed E-state index contributed by atoms with van der Waals surface area (Å²) in [6.45, 7) is 1.56. The predicted molar refractivity (Wildman–Crippen MR) is 47.8 cm³/mol. The molecular formula is C8H14N4O. The maximum Gasteiger partial charge on any atom is 0.0948 e. The van der Waals surface area contributed by atoms with Crippen LogP contribution in [0.15, 0.2) is 18.5 Å².